The molecule has 2 heterocycles. The molecular weight excluding hydrogens is 264 g/mol. The van der Waals surface area contributed by atoms with Gasteiger partial charge in [0, 0.05) is 31.8 Å². The van der Waals surface area contributed by atoms with Gasteiger partial charge in [0.25, 0.3) is 5.91 Å². The fraction of sp³-hybridized carbons (Fsp3) is 0.462. The average molecular weight is 280 g/mol. The first kappa shape index (κ1) is 14.3. The van der Waals surface area contributed by atoms with Gasteiger partial charge in [-0.1, -0.05) is 0 Å². The molecule has 0 bridgehead atoms. The number of aliphatic carboxylic acids is 1. The fourth-order valence-corrected chi connectivity index (χ4v) is 2.15. The van der Waals surface area contributed by atoms with Gasteiger partial charge in [-0.25, -0.2) is 4.79 Å². The maximum atomic E-state index is 12.2. The first-order valence-electron chi connectivity index (χ1n) is 6.17. The van der Waals surface area contributed by atoms with E-state index in [4.69, 9.17) is 4.74 Å². The number of ketones is 1. The molecule has 1 aliphatic rings. The first-order valence-corrected chi connectivity index (χ1v) is 6.17. The molecule has 1 unspecified atom stereocenters. The summed E-state index contributed by atoms with van der Waals surface area (Å²) in [6.45, 7) is 1.64. The van der Waals surface area contributed by atoms with E-state index in [2.05, 4.69) is 5.32 Å². The molecule has 1 aliphatic heterocycles. The van der Waals surface area contributed by atoms with Crippen LogP contribution >= 0.6 is 0 Å². The molecule has 1 fully saturated rings. The van der Waals surface area contributed by atoms with Gasteiger partial charge in [-0.05, 0) is 13.0 Å². The number of carbonyl (C=O) groups is 3. The highest BCUT2D eigenvalue weighted by Crippen LogP contribution is 2.20. The Hall–Kier alpha value is -2.15. The summed E-state index contributed by atoms with van der Waals surface area (Å²) in [4.78, 5) is 34.8. The second-order valence-corrected chi connectivity index (χ2v) is 4.93. The summed E-state index contributed by atoms with van der Waals surface area (Å²) in [7, 11) is 1.62. The second-order valence-electron chi connectivity index (χ2n) is 4.93. The van der Waals surface area contributed by atoms with Crippen molar-refractivity contribution in [2.75, 3.05) is 13.2 Å². The Kier molecular flexibility index (Phi) is 3.63. The van der Waals surface area contributed by atoms with Crippen molar-refractivity contribution in [2.24, 2.45) is 7.05 Å². The lowest BCUT2D eigenvalue weighted by Crippen LogP contribution is -2.55. The molecular formula is C13H16N2O5. The van der Waals surface area contributed by atoms with Crippen molar-refractivity contribution in [3.63, 3.8) is 0 Å². The molecule has 1 amide bonds. The number of aromatic nitrogens is 1. The predicted octanol–water partition coefficient (Wildman–Crippen LogP) is 0.201. The van der Waals surface area contributed by atoms with Crippen LogP contribution in [0.2, 0.25) is 0 Å². The summed E-state index contributed by atoms with van der Waals surface area (Å²) in [6, 6.07) is 1.45. The number of carboxylic acid groups (broad SMARTS) is 1. The number of nitrogens with one attached hydrogen (secondary N) is 1. The van der Waals surface area contributed by atoms with Gasteiger partial charge in [-0.2, -0.15) is 0 Å². The Bertz CT molecular complexity index is 569. The lowest BCUT2D eigenvalue weighted by Gasteiger charge is -2.23. The molecule has 108 valence electrons. The molecule has 0 spiro atoms. The summed E-state index contributed by atoms with van der Waals surface area (Å²) < 4.78 is 6.57. The van der Waals surface area contributed by atoms with Crippen molar-refractivity contribution in [3.8, 4) is 0 Å². The van der Waals surface area contributed by atoms with Crippen LogP contribution in [0.25, 0.3) is 0 Å². The summed E-state index contributed by atoms with van der Waals surface area (Å²) in [5.74, 6) is -1.81. The third-order valence-corrected chi connectivity index (χ3v) is 3.43. The number of nitrogens with zero attached hydrogens (tertiary/aromatic N) is 1. The van der Waals surface area contributed by atoms with Crippen LogP contribution in [0.1, 0.15) is 34.2 Å². The summed E-state index contributed by atoms with van der Waals surface area (Å²) >= 11 is 0. The monoisotopic (exact) mass is 280 g/mol. The molecule has 1 aromatic rings. The number of amides is 1. The highest BCUT2D eigenvalue weighted by atomic mass is 16.5. The van der Waals surface area contributed by atoms with E-state index in [0.29, 0.717) is 12.2 Å². The lowest BCUT2D eigenvalue weighted by atomic mass is 9.99. The van der Waals surface area contributed by atoms with Crippen LogP contribution in [0.5, 0.6) is 0 Å². The topological polar surface area (TPSA) is 97.6 Å². The molecule has 7 heteroatoms. The number of hydrogen-bond acceptors (Lipinski definition) is 4. The Morgan fingerprint density at radius 3 is 2.60 bits per heavy atom. The van der Waals surface area contributed by atoms with Gasteiger partial charge in [-0.3, -0.25) is 9.59 Å². The van der Waals surface area contributed by atoms with E-state index in [1.54, 1.807) is 7.05 Å². The highest BCUT2D eigenvalue weighted by molar-refractivity contribution is 6.01. The van der Waals surface area contributed by atoms with Crippen LogP contribution in [-0.4, -0.2) is 46.1 Å². The third-order valence-electron chi connectivity index (χ3n) is 3.43. The van der Waals surface area contributed by atoms with Crippen molar-refractivity contribution in [2.45, 2.75) is 18.9 Å². The number of hydrogen-bond donors (Lipinski definition) is 2. The van der Waals surface area contributed by atoms with Crippen molar-refractivity contribution >= 4 is 17.7 Å². The number of aryl methyl sites for hydroxylation is 1. The molecule has 1 atom stereocenters. The smallest absolute Gasteiger partial charge is 0.331 e. The van der Waals surface area contributed by atoms with Crippen molar-refractivity contribution < 1.29 is 24.2 Å². The Labute approximate surface area is 115 Å². The number of carboxylic acids is 1. The van der Waals surface area contributed by atoms with Crippen LogP contribution in [-0.2, 0) is 16.6 Å². The highest BCUT2D eigenvalue weighted by Gasteiger charge is 2.44. The molecule has 0 saturated carbocycles. The quantitative estimate of drug-likeness (QED) is 0.768. The van der Waals surface area contributed by atoms with E-state index in [1.165, 1.54) is 23.8 Å². The molecule has 20 heavy (non-hydrogen) atoms. The standard InChI is InChI=1S/C13H16N2O5/c1-8(16)9-5-10(15(2)6-9)11(17)14-13(12(18)19)3-4-20-7-13/h5-6H,3-4,7H2,1-2H3,(H,14,17)(H,18,19). The summed E-state index contributed by atoms with van der Waals surface area (Å²) in [5, 5.41) is 11.8. The zero-order valence-electron chi connectivity index (χ0n) is 11.3. The fourth-order valence-electron chi connectivity index (χ4n) is 2.15. The minimum Gasteiger partial charge on any atom is -0.479 e. The third kappa shape index (κ3) is 2.44. The molecule has 0 radical (unpaired) electrons. The number of carbonyl (C=O) groups excluding carboxylic acids is 2. The van der Waals surface area contributed by atoms with E-state index >= 15 is 0 Å². The molecule has 0 aromatic carbocycles. The van der Waals surface area contributed by atoms with Crippen LogP contribution < -0.4 is 5.32 Å². The van der Waals surface area contributed by atoms with E-state index in [0.717, 1.165) is 0 Å². The number of rotatable bonds is 4. The summed E-state index contributed by atoms with van der Waals surface area (Å²) in [5.41, 5.74) is -0.745. The average Bonchev–Trinajstić information content (AvgIpc) is 2.96. The van der Waals surface area contributed by atoms with Gasteiger partial charge >= 0.3 is 5.97 Å². The number of Topliss-reactive ketones (excluding diaryl/α,β-unsaturated/α-hetero) is 1. The second kappa shape index (κ2) is 5.09. The van der Waals surface area contributed by atoms with E-state index in [9.17, 15) is 19.5 Å². The normalized spacial score (nSPS) is 21.7. The van der Waals surface area contributed by atoms with Gasteiger partial charge in [0.05, 0.1) is 6.61 Å². The van der Waals surface area contributed by atoms with Gasteiger partial charge in [0.2, 0.25) is 0 Å². The van der Waals surface area contributed by atoms with Gasteiger partial charge < -0.3 is 19.7 Å². The molecule has 1 aromatic heterocycles. The molecule has 2 N–H and O–H groups in total. The van der Waals surface area contributed by atoms with E-state index in [-0.39, 0.29) is 24.5 Å². The Morgan fingerprint density at radius 1 is 1.45 bits per heavy atom. The Morgan fingerprint density at radius 2 is 2.15 bits per heavy atom. The van der Waals surface area contributed by atoms with Crippen LogP contribution in [0, 0.1) is 0 Å². The van der Waals surface area contributed by atoms with Crippen LogP contribution in [0.4, 0.5) is 0 Å². The largest absolute Gasteiger partial charge is 0.479 e. The van der Waals surface area contributed by atoms with Crippen LogP contribution in [0.3, 0.4) is 0 Å². The minimum atomic E-state index is -1.39. The van der Waals surface area contributed by atoms with Gasteiger partial charge in [-0.15, -0.1) is 0 Å². The molecule has 1 saturated heterocycles. The van der Waals surface area contributed by atoms with Crippen molar-refractivity contribution in [3.05, 3.63) is 23.5 Å². The maximum Gasteiger partial charge on any atom is 0.331 e. The maximum absolute atomic E-state index is 12.2. The van der Waals surface area contributed by atoms with E-state index in [1.807, 2.05) is 0 Å². The molecule has 7 nitrogen and oxygen atoms in total. The van der Waals surface area contributed by atoms with Crippen molar-refractivity contribution in [1.29, 1.82) is 0 Å². The molecule has 2 rings (SSSR count). The zero-order valence-corrected chi connectivity index (χ0v) is 11.3. The minimum absolute atomic E-state index is 0.0575. The van der Waals surface area contributed by atoms with Gasteiger partial charge in [0.1, 0.15) is 5.69 Å². The van der Waals surface area contributed by atoms with Gasteiger partial charge in [0.15, 0.2) is 11.3 Å². The zero-order chi connectivity index (χ0) is 14.9. The Balaban J connectivity index is 2.23. The predicted molar refractivity (Wildman–Crippen MR) is 68.7 cm³/mol. The first-order chi connectivity index (χ1) is 9.35. The SMILES string of the molecule is CC(=O)c1cc(C(=O)NC2(C(=O)O)CCOC2)n(C)c1. The lowest BCUT2D eigenvalue weighted by molar-refractivity contribution is -0.144. The molecule has 0 aliphatic carbocycles. The van der Waals surface area contributed by atoms with Crippen LogP contribution in [0.15, 0.2) is 12.3 Å². The summed E-state index contributed by atoms with van der Waals surface area (Å²) in [6.07, 6.45) is 1.76. The van der Waals surface area contributed by atoms with Crippen molar-refractivity contribution in [1.82, 2.24) is 9.88 Å². The van der Waals surface area contributed by atoms with E-state index < -0.39 is 17.4 Å². The number of ether oxygens (including phenoxy) is 1.